The summed E-state index contributed by atoms with van der Waals surface area (Å²) in [6.45, 7) is 2.48. The molecule has 1 atom stereocenters. The van der Waals surface area contributed by atoms with Gasteiger partial charge in [0, 0.05) is 24.6 Å². The summed E-state index contributed by atoms with van der Waals surface area (Å²) in [4.78, 5) is 10.5. The summed E-state index contributed by atoms with van der Waals surface area (Å²) in [6.07, 6.45) is 3.05. The van der Waals surface area contributed by atoms with E-state index in [4.69, 9.17) is 4.74 Å². The SMILES string of the molecule is O=[N+]([O-])c1ccccc1CCOC1CCCNC1. The number of nitrogens with one attached hydrogen (secondary N) is 1. The van der Waals surface area contributed by atoms with E-state index in [1.807, 2.05) is 6.07 Å². The topological polar surface area (TPSA) is 64.4 Å². The number of hydrogen-bond acceptors (Lipinski definition) is 4. The van der Waals surface area contributed by atoms with Gasteiger partial charge in [0.05, 0.1) is 17.6 Å². The number of ether oxygens (including phenoxy) is 1. The van der Waals surface area contributed by atoms with E-state index in [0.29, 0.717) is 13.0 Å². The molecule has 0 radical (unpaired) electrons. The summed E-state index contributed by atoms with van der Waals surface area (Å²) in [7, 11) is 0. The van der Waals surface area contributed by atoms with Crippen molar-refractivity contribution in [1.82, 2.24) is 5.32 Å². The number of hydrogen-bond donors (Lipinski definition) is 1. The first-order valence-electron chi connectivity index (χ1n) is 6.32. The smallest absolute Gasteiger partial charge is 0.272 e. The Morgan fingerprint density at radius 1 is 1.44 bits per heavy atom. The number of benzene rings is 1. The number of nitro groups is 1. The molecule has 5 heteroatoms. The highest BCUT2D eigenvalue weighted by atomic mass is 16.6. The largest absolute Gasteiger partial charge is 0.377 e. The highest BCUT2D eigenvalue weighted by molar-refractivity contribution is 5.39. The van der Waals surface area contributed by atoms with Crippen molar-refractivity contribution < 1.29 is 9.66 Å². The van der Waals surface area contributed by atoms with Crippen molar-refractivity contribution in [1.29, 1.82) is 0 Å². The van der Waals surface area contributed by atoms with Crippen LogP contribution in [0.25, 0.3) is 0 Å². The van der Waals surface area contributed by atoms with Gasteiger partial charge in [-0.25, -0.2) is 0 Å². The quantitative estimate of drug-likeness (QED) is 0.640. The predicted molar refractivity (Wildman–Crippen MR) is 68.6 cm³/mol. The van der Waals surface area contributed by atoms with Gasteiger partial charge >= 0.3 is 0 Å². The lowest BCUT2D eigenvalue weighted by molar-refractivity contribution is -0.385. The molecule has 0 saturated carbocycles. The molecule has 2 rings (SSSR count). The van der Waals surface area contributed by atoms with Gasteiger partial charge in [0.25, 0.3) is 5.69 Å². The van der Waals surface area contributed by atoms with Gasteiger partial charge in [-0.05, 0) is 19.4 Å². The predicted octanol–water partition coefficient (Wildman–Crippen LogP) is 1.91. The van der Waals surface area contributed by atoms with Crippen LogP contribution in [0.15, 0.2) is 24.3 Å². The molecular formula is C13H18N2O3. The Morgan fingerprint density at radius 2 is 2.28 bits per heavy atom. The summed E-state index contributed by atoms with van der Waals surface area (Å²) in [6, 6.07) is 6.84. The molecule has 1 N–H and O–H groups in total. The van der Waals surface area contributed by atoms with E-state index >= 15 is 0 Å². The Morgan fingerprint density at radius 3 is 3.00 bits per heavy atom. The summed E-state index contributed by atoms with van der Waals surface area (Å²) < 4.78 is 5.74. The van der Waals surface area contributed by atoms with E-state index in [1.165, 1.54) is 6.07 Å². The lowest BCUT2D eigenvalue weighted by Gasteiger charge is -2.22. The van der Waals surface area contributed by atoms with Gasteiger partial charge in [-0.15, -0.1) is 0 Å². The van der Waals surface area contributed by atoms with Crippen molar-refractivity contribution in [2.45, 2.75) is 25.4 Å². The number of rotatable bonds is 5. The highest BCUT2D eigenvalue weighted by Gasteiger charge is 2.15. The lowest BCUT2D eigenvalue weighted by Crippen LogP contribution is -2.35. The molecule has 0 aromatic heterocycles. The second-order valence-electron chi connectivity index (χ2n) is 4.47. The molecule has 1 aromatic carbocycles. The number of piperidine rings is 1. The molecule has 1 aromatic rings. The minimum atomic E-state index is -0.336. The molecule has 1 heterocycles. The highest BCUT2D eigenvalue weighted by Crippen LogP contribution is 2.18. The van der Waals surface area contributed by atoms with E-state index in [9.17, 15) is 10.1 Å². The molecule has 0 aliphatic carbocycles. The Labute approximate surface area is 106 Å². The summed E-state index contributed by atoms with van der Waals surface area (Å²) in [5, 5.41) is 14.1. The van der Waals surface area contributed by atoms with E-state index in [0.717, 1.165) is 31.5 Å². The minimum absolute atomic E-state index is 0.183. The molecule has 1 aliphatic rings. The Balaban J connectivity index is 1.84. The first-order valence-corrected chi connectivity index (χ1v) is 6.32. The minimum Gasteiger partial charge on any atom is -0.377 e. The van der Waals surface area contributed by atoms with Crippen molar-refractivity contribution in [2.24, 2.45) is 0 Å². The first-order chi connectivity index (χ1) is 8.77. The van der Waals surface area contributed by atoms with E-state index < -0.39 is 0 Å². The molecular weight excluding hydrogens is 232 g/mol. The molecule has 0 amide bonds. The van der Waals surface area contributed by atoms with Crippen molar-refractivity contribution >= 4 is 5.69 Å². The van der Waals surface area contributed by atoms with Crippen LogP contribution >= 0.6 is 0 Å². The Kier molecular flexibility index (Phi) is 4.66. The maximum absolute atomic E-state index is 10.8. The number of nitro benzene ring substituents is 1. The second kappa shape index (κ2) is 6.47. The van der Waals surface area contributed by atoms with Crippen LogP contribution in [0.1, 0.15) is 18.4 Å². The fourth-order valence-electron chi connectivity index (χ4n) is 2.20. The van der Waals surface area contributed by atoms with Crippen molar-refractivity contribution in [2.75, 3.05) is 19.7 Å². The zero-order valence-corrected chi connectivity index (χ0v) is 10.3. The summed E-state index contributed by atoms with van der Waals surface area (Å²) >= 11 is 0. The van der Waals surface area contributed by atoms with Crippen LogP contribution in [0, 0.1) is 10.1 Å². The van der Waals surface area contributed by atoms with Crippen LogP contribution in [0.5, 0.6) is 0 Å². The average molecular weight is 250 g/mol. The molecule has 1 unspecified atom stereocenters. The average Bonchev–Trinajstić information content (AvgIpc) is 2.40. The van der Waals surface area contributed by atoms with E-state index in [2.05, 4.69) is 5.32 Å². The maximum Gasteiger partial charge on any atom is 0.272 e. The molecule has 18 heavy (non-hydrogen) atoms. The normalized spacial score (nSPS) is 19.7. The molecule has 0 spiro atoms. The fourth-order valence-corrected chi connectivity index (χ4v) is 2.20. The number of para-hydroxylation sites is 1. The Bertz CT molecular complexity index is 403. The van der Waals surface area contributed by atoms with Crippen LogP contribution in [0.4, 0.5) is 5.69 Å². The van der Waals surface area contributed by atoms with Gasteiger partial charge in [-0.3, -0.25) is 10.1 Å². The zero-order chi connectivity index (χ0) is 12.8. The van der Waals surface area contributed by atoms with E-state index in [-0.39, 0.29) is 16.7 Å². The van der Waals surface area contributed by atoms with Crippen LogP contribution < -0.4 is 5.32 Å². The Hall–Kier alpha value is -1.46. The molecule has 0 bridgehead atoms. The van der Waals surface area contributed by atoms with Crippen LogP contribution in [0.3, 0.4) is 0 Å². The van der Waals surface area contributed by atoms with Crippen molar-refractivity contribution in [3.8, 4) is 0 Å². The van der Waals surface area contributed by atoms with Gasteiger partial charge in [-0.2, -0.15) is 0 Å². The molecule has 98 valence electrons. The first kappa shape index (κ1) is 13.0. The third-order valence-corrected chi connectivity index (χ3v) is 3.16. The van der Waals surface area contributed by atoms with Gasteiger partial charge < -0.3 is 10.1 Å². The van der Waals surface area contributed by atoms with Crippen LogP contribution in [-0.4, -0.2) is 30.7 Å². The molecule has 5 nitrogen and oxygen atoms in total. The van der Waals surface area contributed by atoms with E-state index in [1.54, 1.807) is 12.1 Å². The van der Waals surface area contributed by atoms with Crippen molar-refractivity contribution in [3.63, 3.8) is 0 Å². The van der Waals surface area contributed by atoms with Crippen LogP contribution in [-0.2, 0) is 11.2 Å². The number of nitrogens with zero attached hydrogens (tertiary/aromatic N) is 1. The molecule has 1 aliphatic heterocycles. The van der Waals surface area contributed by atoms with Gasteiger partial charge in [0.15, 0.2) is 0 Å². The lowest BCUT2D eigenvalue weighted by atomic mass is 10.1. The second-order valence-corrected chi connectivity index (χ2v) is 4.47. The van der Waals surface area contributed by atoms with Gasteiger partial charge in [0.2, 0.25) is 0 Å². The summed E-state index contributed by atoms with van der Waals surface area (Å²) in [5.74, 6) is 0. The molecule has 1 saturated heterocycles. The zero-order valence-electron chi connectivity index (χ0n) is 10.3. The van der Waals surface area contributed by atoms with Gasteiger partial charge in [0.1, 0.15) is 0 Å². The standard InChI is InChI=1S/C13H18N2O3/c16-15(17)13-6-2-1-4-11(13)7-9-18-12-5-3-8-14-10-12/h1-2,4,6,12,14H,3,5,7-10H2. The van der Waals surface area contributed by atoms with Gasteiger partial charge in [-0.1, -0.05) is 18.2 Å². The third kappa shape index (κ3) is 3.51. The van der Waals surface area contributed by atoms with Crippen molar-refractivity contribution in [3.05, 3.63) is 39.9 Å². The monoisotopic (exact) mass is 250 g/mol. The molecule has 1 fully saturated rings. The third-order valence-electron chi connectivity index (χ3n) is 3.16. The maximum atomic E-state index is 10.8. The fraction of sp³-hybridized carbons (Fsp3) is 0.538. The summed E-state index contributed by atoms with van der Waals surface area (Å²) in [5.41, 5.74) is 0.925. The van der Waals surface area contributed by atoms with Crippen LogP contribution in [0.2, 0.25) is 0 Å².